The number of fused-ring (bicyclic) bond motifs is 3. The Morgan fingerprint density at radius 2 is 2.12 bits per heavy atom. The van der Waals surface area contributed by atoms with Crippen molar-refractivity contribution in [1.82, 2.24) is 10.2 Å². The van der Waals surface area contributed by atoms with Crippen LogP contribution in [-0.2, 0) is 16.6 Å². The lowest BCUT2D eigenvalue weighted by Crippen LogP contribution is -2.52. The number of aryl methyl sites for hydroxylation is 1. The van der Waals surface area contributed by atoms with E-state index in [0.717, 1.165) is 19.3 Å². The fraction of sp³-hybridized carbons (Fsp3) is 0.714. The van der Waals surface area contributed by atoms with Gasteiger partial charge < -0.3 is 0 Å². The molecule has 0 amide bonds. The third-order valence-electron chi connectivity index (χ3n) is 5.22. The van der Waals surface area contributed by atoms with Crippen LogP contribution < -0.4 is 0 Å². The number of Topliss-reactive ketones (excluding diaryl/α,β-unsaturated/α-hetero) is 1. The van der Waals surface area contributed by atoms with Crippen LogP contribution >= 0.6 is 0 Å². The summed E-state index contributed by atoms with van der Waals surface area (Å²) in [4.78, 5) is 12.1. The Morgan fingerprint density at radius 1 is 1.35 bits per heavy atom. The van der Waals surface area contributed by atoms with Crippen molar-refractivity contribution in [3.8, 4) is 0 Å². The summed E-state index contributed by atoms with van der Waals surface area (Å²) in [7, 11) is 0. The van der Waals surface area contributed by atoms with Crippen LogP contribution in [0, 0.1) is 11.3 Å². The fourth-order valence-corrected chi connectivity index (χ4v) is 4.13. The first kappa shape index (κ1) is 11.0. The highest BCUT2D eigenvalue weighted by Gasteiger charge is 2.54. The van der Waals surface area contributed by atoms with Crippen molar-refractivity contribution in [2.45, 2.75) is 51.9 Å². The van der Waals surface area contributed by atoms with E-state index in [4.69, 9.17) is 0 Å². The van der Waals surface area contributed by atoms with Gasteiger partial charge in [-0.15, -0.1) is 0 Å². The quantitative estimate of drug-likeness (QED) is 0.747. The van der Waals surface area contributed by atoms with Gasteiger partial charge in [0, 0.05) is 22.9 Å². The molecular weight excluding hydrogens is 212 g/mol. The number of H-pyrrole nitrogens is 1. The van der Waals surface area contributed by atoms with Crippen molar-refractivity contribution in [2.75, 3.05) is 0 Å². The van der Waals surface area contributed by atoms with Crippen LogP contribution in [0.5, 0.6) is 0 Å². The number of nitrogens with one attached hydrogen (secondary N) is 1. The largest absolute Gasteiger partial charge is 0.299 e. The molecule has 1 heterocycles. The maximum Gasteiger partial charge on any atom is 0.138 e. The topological polar surface area (TPSA) is 45.8 Å². The monoisotopic (exact) mass is 232 g/mol. The molecular formula is C14H20N2O. The SMILES string of the molecule is CC1(C)C(=O)CCC2(C)c3[nH]ncc3CC[C@@H]12. The van der Waals surface area contributed by atoms with Gasteiger partial charge in [-0.3, -0.25) is 9.89 Å². The predicted octanol–water partition coefficient (Wildman–Crippen LogP) is 2.62. The summed E-state index contributed by atoms with van der Waals surface area (Å²) in [6, 6.07) is 0. The standard InChI is InChI=1S/C14H20N2O/c1-13(2)10-5-4-9-8-15-16-12(9)14(10,3)7-6-11(13)17/h8,10H,4-7H2,1-3H3,(H,15,16)/t10-,14?/m0/s1. The van der Waals surface area contributed by atoms with Crippen molar-refractivity contribution >= 4 is 5.78 Å². The number of nitrogens with zero attached hydrogens (tertiary/aromatic N) is 1. The molecule has 3 rings (SSSR count). The number of hydrogen-bond donors (Lipinski definition) is 1. The van der Waals surface area contributed by atoms with Gasteiger partial charge in [0.2, 0.25) is 0 Å². The second kappa shape index (κ2) is 3.21. The van der Waals surface area contributed by atoms with Gasteiger partial charge in [0.1, 0.15) is 5.78 Å². The van der Waals surface area contributed by atoms with Gasteiger partial charge in [-0.25, -0.2) is 0 Å². The molecule has 1 unspecified atom stereocenters. The minimum absolute atomic E-state index is 0.113. The molecule has 92 valence electrons. The Bertz CT molecular complexity index is 474. The van der Waals surface area contributed by atoms with Gasteiger partial charge >= 0.3 is 0 Å². The number of carbonyl (C=O) groups excluding carboxylic acids is 1. The third-order valence-corrected chi connectivity index (χ3v) is 5.22. The fourth-order valence-electron chi connectivity index (χ4n) is 4.13. The summed E-state index contributed by atoms with van der Waals surface area (Å²) < 4.78 is 0. The molecule has 0 aromatic carbocycles. The molecule has 0 spiro atoms. The van der Waals surface area contributed by atoms with E-state index < -0.39 is 0 Å². The van der Waals surface area contributed by atoms with Gasteiger partial charge in [-0.2, -0.15) is 5.10 Å². The highest BCUT2D eigenvalue weighted by atomic mass is 16.1. The maximum atomic E-state index is 12.1. The molecule has 0 saturated heterocycles. The number of carbonyl (C=O) groups is 1. The molecule has 1 aromatic rings. The molecule has 0 aliphatic heterocycles. The lowest BCUT2D eigenvalue weighted by molar-refractivity contribution is -0.137. The van der Waals surface area contributed by atoms with Crippen molar-refractivity contribution in [3.05, 3.63) is 17.5 Å². The Kier molecular flexibility index (Phi) is 2.08. The Morgan fingerprint density at radius 3 is 2.88 bits per heavy atom. The summed E-state index contributed by atoms with van der Waals surface area (Å²) in [5.41, 5.74) is 2.57. The molecule has 17 heavy (non-hydrogen) atoms. The summed E-state index contributed by atoms with van der Waals surface area (Å²) in [5, 5.41) is 7.39. The average Bonchev–Trinajstić information content (AvgIpc) is 2.74. The van der Waals surface area contributed by atoms with E-state index in [-0.39, 0.29) is 10.8 Å². The van der Waals surface area contributed by atoms with E-state index in [1.165, 1.54) is 11.3 Å². The van der Waals surface area contributed by atoms with E-state index in [1.54, 1.807) is 0 Å². The van der Waals surface area contributed by atoms with E-state index >= 15 is 0 Å². The van der Waals surface area contributed by atoms with Crippen molar-refractivity contribution in [3.63, 3.8) is 0 Å². The first-order chi connectivity index (χ1) is 7.96. The van der Waals surface area contributed by atoms with Crippen LogP contribution in [-0.4, -0.2) is 16.0 Å². The van der Waals surface area contributed by atoms with E-state index in [9.17, 15) is 4.79 Å². The highest BCUT2D eigenvalue weighted by molar-refractivity contribution is 5.86. The van der Waals surface area contributed by atoms with Crippen LogP contribution in [0.1, 0.15) is 51.3 Å². The summed E-state index contributed by atoms with van der Waals surface area (Å²) in [5.74, 6) is 0.882. The Balaban J connectivity index is 2.12. The Labute approximate surface area is 102 Å². The first-order valence-electron chi connectivity index (χ1n) is 6.52. The zero-order valence-corrected chi connectivity index (χ0v) is 10.8. The molecule has 2 aliphatic carbocycles. The van der Waals surface area contributed by atoms with Gasteiger partial charge in [-0.1, -0.05) is 20.8 Å². The first-order valence-corrected chi connectivity index (χ1v) is 6.52. The van der Waals surface area contributed by atoms with E-state index in [0.29, 0.717) is 18.1 Å². The lowest BCUT2D eigenvalue weighted by atomic mass is 9.51. The lowest BCUT2D eigenvalue weighted by Gasteiger charge is -2.51. The second-order valence-corrected chi connectivity index (χ2v) is 6.42. The van der Waals surface area contributed by atoms with Crippen LogP contribution in [0.4, 0.5) is 0 Å². The van der Waals surface area contributed by atoms with Crippen LogP contribution in [0.25, 0.3) is 0 Å². The number of hydrogen-bond acceptors (Lipinski definition) is 2. The maximum absolute atomic E-state index is 12.1. The molecule has 0 radical (unpaired) electrons. The zero-order valence-electron chi connectivity index (χ0n) is 10.8. The van der Waals surface area contributed by atoms with Crippen molar-refractivity contribution in [1.29, 1.82) is 0 Å². The van der Waals surface area contributed by atoms with Gasteiger partial charge in [-0.05, 0) is 30.7 Å². The minimum atomic E-state index is -0.185. The second-order valence-electron chi connectivity index (χ2n) is 6.42. The molecule has 1 saturated carbocycles. The van der Waals surface area contributed by atoms with Crippen LogP contribution in [0.3, 0.4) is 0 Å². The smallest absolute Gasteiger partial charge is 0.138 e. The molecule has 0 bridgehead atoms. The third kappa shape index (κ3) is 1.28. The van der Waals surface area contributed by atoms with Gasteiger partial charge in [0.05, 0.1) is 6.20 Å². The summed E-state index contributed by atoms with van der Waals surface area (Å²) >= 11 is 0. The van der Waals surface area contributed by atoms with Gasteiger partial charge in [0.15, 0.2) is 0 Å². The van der Waals surface area contributed by atoms with Crippen molar-refractivity contribution in [2.24, 2.45) is 11.3 Å². The zero-order chi connectivity index (χ0) is 12.3. The molecule has 1 N–H and O–H groups in total. The minimum Gasteiger partial charge on any atom is -0.299 e. The molecule has 1 aromatic heterocycles. The molecule has 3 nitrogen and oxygen atoms in total. The number of ketones is 1. The number of aromatic nitrogens is 2. The highest BCUT2D eigenvalue weighted by Crippen LogP contribution is 2.54. The van der Waals surface area contributed by atoms with Crippen molar-refractivity contribution < 1.29 is 4.79 Å². The molecule has 1 fully saturated rings. The number of rotatable bonds is 0. The molecule has 2 aliphatic rings. The summed E-state index contributed by atoms with van der Waals surface area (Å²) in [6.07, 6.45) is 5.80. The average molecular weight is 232 g/mol. The summed E-state index contributed by atoms with van der Waals surface area (Å²) in [6.45, 7) is 6.56. The number of aromatic amines is 1. The van der Waals surface area contributed by atoms with E-state index in [2.05, 4.69) is 31.0 Å². The molecule has 3 heteroatoms. The normalized spacial score (nSPS) is 35.2. The van der Waals surface area contributed by atoms with Crippen LogP contribution in [0.2, 0.25) is 0 Å². The van der Waals surface area contributed by atoms with E-state index in [1.807, 2.05) is 6.20 Å². The van der Waals surface area contributed by atoms with Crippen LogP contribution in [0.15, 0.2) is 6.20 Å². The predicted molar refractivity (Wildman–Crippen MR) is 65.8 cm³/mol. The molecule has 2 atom stereocenters. The van der Waals surface area contributed by atoms with Gasteiger partial charge in [0.25, 0.3) is 0 Å². The Hall–Kier alpha value is -1.12.